The first-order chi connectivity index (χ1) is 14.8. The van der Waals surface area contributed by atoms with E-state index in [1.165, 1.54) is 12.1 Å². The fourth-order valence-corrected chi connectivity index (χ4v) is 4.49. The van der Waals surface area contributed by atoms with Gasteiger partial charge in [-0.1, -0.05) is 18.2 Å². The van der Waals surface area contributed by atoms with E-state index in [-0.39, 0.29) is 23.5 Å². The van der Waals surface area contributed by atoms with E-state index in [0.29, 0.717) is 16.9 Å². The summed E-state index contributed by atoms with van der Waals surface area (Å²) in [6.45, 7) is 5.14. The maximum Gasteiger partial charge on any atom is 0.293 e. The van der Waals surface area contributed by atoms with Gasteiger partial charge in [0.05, 0.1) is 10.7 Å². The number of amides is 1. The number of rotatable bonds is 9. The standard InChI is InChI=1S/C21H24N4O5S/c1-2-11-22-31(29,30)15-16-5-8-18(9-6-16)23-21(26)17-7-10-19(20(14-17)25(27)28)24-12-3-4-13-24/h2,5-10,14,22H,1,3-4,11-13,15H2,(H,23,26). The van der Waals surface area contributed by atoms with Crippen LogP contribution >= 0.6 is 0 Å². The molecule has 164 valence electrons. The van der Waals surface area contributed by atoms with E-state index in [9.17, 15) is 23.3 Å². The second-order valence-electron chi connectivity index (χ2n) is 7.20. The Morgan fingerprint density at radius 2 is 1.84 bits per heavy atom. The molecule has 1 aliphatic rings. The average Bonchev–Trinajstić information content (AvgIpc) is 3.28. The summed E-state index contributed by atoms with van der Waals surface area (Å²) < 4.78 is 26.2. The predicted octanol–water partition coefficient (Wildman–Crippen LogP) is 3.05. The number of carbonyl (C=O) groups excluding carboxylic acids is 1. The SMILES string of the molecule is C=CCNS(=O)(=O)Cc1ccc(NC(=O)c2ccc(N3CCCC3)c([N+](=O)[O-])c2)cc1. The number of carbonyl (C=O) groups is 1. The number of hydrogen-bond donors (Lipinski definition) is 2. The molecule has 0 spiro atoms. The summed E-state index contributed by atoms with van der Waals surface area (Å²) in [5, 5.41) is 14.2. The van der Waals surface area contributed by atoms with Crippen molar-refractivity contribution in [1.82, 2.24) is 4.72 Å². The number of nitro groups is 1. The van der Waals surface area contributed by atoms with Gasteiger partial charge in [0.15, 0.2) is 0 Å². The summed E-state index contributed by atoms with van der Waals surface area (Å²) in [5.41, 5.74) is 1.61. The van der Waals surface area contributed by atoms with Crippen LogP contribution in [0, 0.1) is 10.1 Å². The van der Waals surface area contributed by atoms with Crippen molar-refractivity contribution in [2.24, 2.45) is 0 Å². The molecule has 9 nitrogen and oxygen atoms in total. The molecule has 1 aliphatic heterocycles. The number of sulfonamides is 1. The molecular formula is C21H24N4O5S. The van der Waals surface area contributed by atoms with E-state index in [1.807, 2.05) is 4.90 Å². The van der Waals surface area contributed by atoms with Crippen LogP contribution in [0.5, 0.6) is 0 Å². The molecule has 1 fully saturated rings. The third-order valence-electron chi connectivity index (χ3n) is 4.90. The molecule has 0 saturated carbocycles. The molecule has 3 rings (SSSR count). The molecule has 2 aromatic rings. The summed E-state index contributed by atoms with van der Waals surface area (Å²) >= 11 is 0. The second kappa shape index (κ2) is 9.71. The van der Waals surface area contributed by atoms with E-state index < -0.39 is 20.9 Å². The highest BCUT2D eigenvalue weighted by Crippen LogP contribution is 2.31. The first-order valence-electron chi connectivity index (χ1n) is 9.81. The molecule has 31 heavy (non-hydrogen) atoms. The van der Waals surface area contributed by atoms with Crippen LogP contribution in [-0.2, 0) is 15.8 Å². The van der Waals surface area contributed by atoms with Crippen LogP contribution in [-0.4, -0.2) is 38.9 Å². The maximum atomic E-state index is 12.6. The Hall–Kier alpha value is -3.24. The number of nitrogens with zero attached hydrogens (tertiary/aromatic N) is 2. The largest absolute Gasteiger partial charge is 0.366 e. The van der Waals surface area contributed by atoms with Crippen molar-refractivity contribution in [3.63, 3.8) is 0 Å². The lowest BCUT2D eigenvalue weighted by atomic mass is 10.1. The maximum absolute atomic E-state index is 12.6. The van der Waals surface area contributed by atoms with Gasteiger partial charge in [-0.25, -0.2) is 13.1 Å². The van der Waals surface area contributed by atoms with E-state index in [1.54, 1.807) is 36.4 Å². The fraction of sp³-hybridized carbons (Fsp3) is 0.286. The summed E-state index contributed by atoms with van der Waals surface area (Å²) in [5.74, 6) is -0.678. The van der Waals surface area contributed by atoms with Gasteiger partial charge in [-0.3, -0.25) is 14.9 Å². The summed E-state index contributed by atoms with van der Waals surface area (Å²) in [6, 6.07) is 10.8. The number of benzene rings is 2. The van der Waals surface area contributed by atoms with Crippen LogP contribution in [0.1, 0.15) is 28.8 Å². The zero-order chi connectivity index (χ0) is 22.4. The van der Waals surface area contributed by atoms with E-state index in [0.717, 1.165) is 25.9 Å². The highest BCUT2D eigenvalue weighted by Gasteiger charge is 2.24. The Balaban J connectivity index is 1.70. The van der Waals surface area contributed by atoms with Crippen molar-refractivity contribution in [3.8, 4) is 0 Å². The Labute approximate surface area is 181 Å². The van der Waals surface area contributed by atoms with E-state index in [4.69, 9.17) is 0 Å². The van der Waals surface area contributed by atoms with Crippen LogP contribution in [0.25, 0.3) is 0 Å². The second-order valence-corrected chi connectivity index (χ2v) is 9.01. The molecule has 10 heteroatoms. The summed E-state index contributed by atoms with van der Waals surface area (Å²) in [6.07, 6.45) is 3.43. The molecule has 0 aliphatic carbocycles. The lowest BCUT2D eigenvalue weighted by Gasteiger charge is -2.17. The summed E-state index contributed by atoms with van der Waals surface area (Å²) in [7, 11) is -3.48. The number of anilines is 2. The van der Waals surface area contributed by atoms with Crippen LogP contribution < -0.4 is 14.9 Å². The van der Waals surface area contributed by atoms with Crippen LogP contribution in [0.3, 0.4) is 0 Å². The third kappa shape index (κ3) is 5.89. The highest BCUT2D eigenvalue weighted by molar-refractivity contribution is 7.88. The summed E-state index contributed by atoms with van der Waals surface area (Å²) in [4.78, 5) is 25.6. The molecule has 0 unspecified atom stereocenters. The third-order valence-corrected chi connectivity index (χ3v) is 6.22. The van der Waals surface area contributed by atoms with Gasteiger partial charge in [-0.05, 0) is 42.7 Å². The minimum absolute atomic E-state index is 0.0953. The number of hydrogen-bond acceptors (Lipinski definition) is 6. The zero-order valence-corrected chi connectivity index (χ0v) is 17.7. The van der Waals surface area contributed by atoms with Gasteiger partial charge in [-0.2, -0.15) is 0 Å². The van der Waals surface area contributed by atoms with Crippen molar-refractivity contribution in [1.29, 1.82) is 0 Å². The first-order valence-corrected chi connectivity index (χ1v) is 11.5. The highest BCUT2D eigenvalue weighted by atomic mass is 32.2. The molecule has 2 aromatic carbocycles. The molecular weight excluding hydrogens is 420 g/mol. The lowest BCUT2D eigenvalue weighted by Crippen LogP contribution is -2.25. The average molecular weight is 445 g/mol. The van der Waals surface area contributed by atoms with Crippen molar-refractivity contribution in [2.45, 2.75) is 18.6 Å². The van der Waals surface area contributed by atoms with Crippen molar-refractivity contribution < 1.29 is 18.1 Å². The van der Waals surface area contributed by atoms with Crippen LogP contribution in [0.2, 0.25) is 0 Å². The quantitative estimate of drug-likeness (QED) is 0.348. The molecule has 2 N–H and O–H groups in total. The normalized spacial score (nSPS) is 13.7. The molecule has 0 bridgehead atoms. The van der Waals surface area contributed by atoms with Crippen molar-refractivity contribution >= 4 is 33.0 Å². The van der Waals surface area contributed by atoms with E-state index in [2.05, 4.69) is 16.6 Å². The molecule has 0 aromatic heterocycles. The molecule has 0 atom stereocenters. The van der Waals surface area contributed by atoms with Crippen molar-refractivity contribution in [3.05, 3.63) is 76.4 Å². The lowest BCUT2D eigenvalue weighted by molar-refractivity contribution is -0.384. The Morgan fingerprint density at radius 1 is 1.16 bits per heavy atom. The van der Waals surface area contributed by atoms with Gasteiger partial charge >= 0.3 is 0 Å². The van der Waals surface area contributed by atoms with Gasteiger partial charge in [0.2, 0.25) is 10.0 Å². The minimum Gasteiger partial charge on any atom is -0.366 e. The van der Waals surface area contributed by atoms with Gasteiger partial charge in [0.1, 0.15) is 5.69 Å². The van der Waals surface area contributed by atoms with Crippen molar-refractivity contribution in [2.75, 3.05) is 29.9 Å². The molecule has 1 heterocycles. The Morgan fingerprint density at radius 3 is 2.45 bits per heavy atom. The monoisotopic (exact) mass is 444 g/mol. The van der Waals surface area contributed by atoms with Gasteiger partial charge in [0.25, 0.3) is 11.6 Å². The predicted molar refractivity (Wildman–Crippen MR) is 120 cm³/mol. The fourth-order valence-electron chi connectivity index (χ4n) is 3.38. The van der Waals surface area contributed by atoms with Crippen LogP contribution in [0.4, 0.5) is 17.1 Å². The number of nitrogens with one attached hydrogen (secondary N) is 2. The number of nitro benzene ring substituents is 1. The minimum atomic E-state index is -3.48. The zero-order valence-electron chi connectivity index (χ0n) is 16.9. The van der Waals surface area contributed by atoms with Gasteiger partial charge < -0.3 is 10.2 Å². The molecule has 0 radical (unpaired) electrons. The van der Waals surface area contributed by atoms with E-state index >= 15 is 0 Å². The molecule has 1 saturated heterocycles. The smallest absolute Gasteiger partial charge is 0.293 e. The Bertz CT molecular complexity index is 1080. The molecule has 1 amide bonds. The van der Waals surface area contributed by atoms with Crippen LogP contribution in [0.15, 0.2) is 55.1 Å². The topological polar surface area (TPSA) is 122 Å². The van der Waals surface area contributed by atoms with Gasteiger partial charge in [-0.15, -0.1) is 6.58 Å². The Kier molecular flexibility index (Phi) is 7.03. The van der Waals surface area contributed by atoms with Gasteiger partial charge in [0, 0.05) is 37.0 Å². The first kappa shape index (κ1) is 22.4.